The number of halogens is 2. The molecule has 0 aliphatic carbocycles. The maximum atomic E-state index is 12.4. The van der Waals surface area contributed by atoms with Crippen molar-refractivity contribution < 1.29 is 19.4 Å². The number of hydrogen-bond donors (Lipinski definition) is 2. The number of thiophene rings is 1. The molecule has 0 atom stereocenters. The molecule has 3 aromatic rings. The fraction of sp³-hybridized carbons (Fsp3) is 0.100. The Bertz CT molecular complexity index is 1050. The molecule has 0 saturated heterocycles. The molecule has 8 heteroatoms. The minimum Gasteiger partial charge on any atom is -0.496 e. The Morgan fingerprint density at radius 1 is 1.11 bits per heavy atom. The second kappa shape index (κ2) is 8.65. The number of carboxylic acid groups (broad SMARTS) is 1. The van der Waals surface area contributed by atoms with Crippen molar-refractivity contribution in [3.8, 4) is 16.9 Å². The minimum atomic E-state index is -0.961. The van der Waals surface area contributed by atoms with Crippen LogP contribution in [0.5, 0.6) is 5.75 Å². The fourth-order valence-corrected chi connectivity index (χ4v) is 3.89. The summed E-state index contributed by atoms with van der Waals surface area (Å²) in [6, 6.07) is 11.8. The average Bonchev–Trinajstić information content (AvgIpc) is 3.16. The number of amides is 1. The number of carbonyl (C=O) groups excluding carboxylic acids is 1. The van der Waals surface area contributed by atoms with Crippen LogP contribution in [0.3, 0.4) is 0 Å². The van der Waals surface area contributed by atoms with Crippen LogP contribution in [0.25, 0.3) is 11.1 Å². The highest BCUT2D eigenvalue weighted by Gasteiger charge is 2.14. The van der Waals surface area contributed by atoms with Gasteiger partial charge in [-0.05, 0) is 52.9 Å². The number of aromatic carboxylic acids is 1. The molecular weight excluding hydrogens is 421 g/mol. The number of rotatable bonds is 6. The zero-order chi connectivity index (χ0) is 20.3. The maximum absolute atomic E-state index is 12.4. The van der Waals surface area contributed by atoms with Crippen molar-refractivity contribution in [1.29, 1.82) is 0 Å². The molecule has 0 radical (unpaired) electrons. The molecule has 0 aliphatic rings. The first-order valence-electron chi connectivity index (χ1n) is 8.11. The van der Waals surface area contributed by atoms with Crippen LogP contribution in [0, 0.1) is 0 Å². The average molecular weight is 436 g/mol. The van der Waals surface area contributed by atoms with Crippen LogP contribution < -0.4 is 10.1 Å². The van der Waals surface area contributed by atoms with Gasteiger partial charge in [0.05, 0.1) is 17.7 Å². The summed E-state index contributed by atoms with van der Waals surface area (Å²) in [5.74, 6) is -0.685. The Kier molecular flexibility index (Phi) is 6.24. The second-order valence-corrected chi connectivity index (χ2v) is 7.59. The summed E-state index contributed by atoms with van der Waals surface area (Å²) in [5, 5.41) is 14.4. The van der Waals surface area contributed by atoms with Crippen molar-refractivity contribution in [2.45, 2.75) is 6.54 Å². The van der Waals surface area contributed by atoms with E-state index in [1.54, 1.807) is 36.8 Å². The molecule has 0 saturated carbocycles. The highest BCUT2D eigenvalue weighted by molar-refractivity contribution is 7.12. The molecule has 28 heavy (non-hydrogen) atoms. The van der Waals surface area contributed by atoms with Crippen molar-refractivity contribution in [2.75, 3.05) is 7.11 Å². The van der Waals surface area contributed by atoms with E-state index < -0.39 is 5.97 Å². The highest BCUT2D eigenvalue weighted by atomic mass is 35.5. The highest BCUT2D eigenvalue weighted by Crippen LogP contribution is 2.30. The number of methoxy groups -OCH3 is 1. The lowest BCUT2D eigenvalue weighted by atomic mass is 10.0. The first-order valence-corrected chi connectivity index (χ1v) is 9.75. The van der Waals surface area contributed by atoms with E-state index >= 15 is 0 Å². The Balaban J connectivity index is 1.82. The van der Waals surface area contributed by atoms with E-state index in [0.29, 0.717) is 16.3 Å². The molecule has 3 rings (SSSR count). The summed E-state index contributed by atoms with van der Waals surface area (Å²) in [5.41, 5.74) is 2.70. The van der Waals surface area contributed by atoms with Crippen LogP contribution in [0.1, 0.15) is 25.6 Å². The molecular formula is C20H15Cl2NO4S. The topological polar surface area (TPSA) is 75.6 Å². The van der Waals surface area contributed by atoms with Gasteiger partial charge in [0.2, 0.25) is 0 Å². The number of hydrogen-bond acceptors (Lipinski definition) is 4. The van der Waals surface area contributed by atoms with E-state index in [9.17, 15) is 9.59 Å². The van der Waals surface area contributed by atoms with Crippen LogP contribution in [-0.4, -0.2) is 24.1 Å². The van der Waals surface area contributed by atoms with Gasteiger partial charge in [0, 0.05) is 17.1 Å². The van der Waals surface area contributed by atoms with Gasteiger partial charge in [0.15, 0.2) is 0 Å². The molecule has 0 spiro atoms. The second-order valence-electron chi connectivity index (χ2n) is 5.84. The van der Waals surface area contributed by atoms with E-state index in [4.69, 9.17) is 33.0 Å². The molecule has 1 heterocycles. The van der Waals surface area contributed by atoms with Gasteiger partial charge >= 0.3 is 5.97 Å². The van der Waals surface area contributed by atoms with Crippen LogP contribution in [0.15, 0.2) is 47.8 Å². The van der Waals surface area contributed by atoms with E-state index in [1.165, 1.54) is 6.07 Å². The zero-order valence-corrected chi connectivity index (χ0v) is 17.0. The third kappa shape index (κ3) is 4.47. The van der Waals surface area contributed by atoms with E-state index in [2.05, 4.69) is 5.32 Å². The molecule has 0 fully saturated rings. The Morgan fingerprint density at radius 2 is 1.89 bits per heavy atom. The van der Waals surface area contributed by atoms with Crippen molar-refractivity contribution >= 4 is 46.4 Å². The van der Waals surface area contributed by atoms with Crippen molar-refractivity contribution in [3.05, 3.63) is 73.9 Å². The van der Waals surface area contributed by atoms with Crippen LogP contribution >= 0.6 is 34.5 Å². The Morgan fingerprint density at radius 3 is 2.54 bits per heavy atom. The molecule has 2 N–H and O–H groups in total. The summed E-state index contributed by atoms with van der Waals surface area (Å²) >= 11 is 13.1. The maximum Gasteiger partial charge on any atom is 0.345 e. The molecule has 0 bridgehead atoms. The Hall–Kier alpha value is -2.54. The van der Waals surface area contributed by atoms with Gasteiger partial charge in [-0.15, -0.1) is 11.3 Å². The predicted octanol–water partition coefficient (Wildman–Crippen LogP) is 5.36. The van der Waals surface area contributed by atoms with Gasteiger partial charge in [-0.1, -0.05) is 29.3 Å². The largest absolute Gasteiger partial charge is 0.496 e. The normalized spacial score (nSPS) is 10.5. The number of carbonyl (C=O) groups is 2. The summed E-state index contributed by atoms with van der Waals surface area (Å²) in [7, 11) is 1.55. The summed E-state index contributed by atoms with van der Waals surface area (Å²) in [6.07, 6.45) is 0. The first-order chi connectivity index (χ1) is 13.4. The third-order valence-corrected chi connectivity index (χ3v) is 5.51. The molecule has 2 aromatic carbocycles. The number of nitrogens with one attached hydrogen (secondary N) is 1. The van der Waals surface area contributed by atoms with Gasteiger partial charge in [-0.3, -0.25) is 4.79 Å². The lowest BCUT2D eigenvalue weighted by Crippen LogP contribution is -2.23. The van der Waals surface area contributed by atoms with Crippen LogP contribution in [0.4, 0.5) is 0 Å². The fourth-order valence-electron chi connectivity index (χ4n) is 2.64. The van der Waals surface area contributed by atoms with E-state index in [-0.39, 0.29) is 22.4 Å². The molecule has 1 aromatic heterocycles. The zero-order valence-electron chi connectivity index (χ0n) is 14.7. The van der Waals surface area contributed by atoms with Crippen LogP contribution in [0.2, 0.25) is 10.0 Å². The summed E-state index contributed by atoms with van der Waals surface area (Å²) in [6.45, 7) is 0.213. The number of benzene rings is 2. The standard InChI is InChI=1S/C20H15Cl2NO4S/c1-27-17-5-2-11(13-7-18(20(25)26)28-10-13)6-12(17)9-23-19(24)15-4-3-14(21)8-16(15)22/h2-8,10H,9H2,1H3,(H,23,24)(H,25,26). The van der Waals surface area contributed by atoms with Gasteiger partial charge in [0.25, 0.3) is 5.91 Å². The van der Waals surface area contributed by atoms with Gasteiger partial charge in [-0.2, -0.15) is 0 Å². The lowest BCUT2D eigenvalue weighted by molar-refractivity contribution is 0.0702. The molecule has 1 amide bonds. The van der Waals surface area contributed by atoms with Gasteiger partial charge in [-0.25, -0.2) is 4.79 Å². The molecule has 0 unspecified atom stereocenters. The monoisotopic (exact) mass is 435 g/mol. The number of ether oxygens (including phenoxy) is 1. The minimum absolute atomic E-state index is 0.213. The van der Waals surface area contributed by atoms with Gasteiger partial charge < -0.3 is 15.2 Å². The quantitative estimate of drug-likeness (QED) is 0.546. The number of carboxylic acids is 1. The smallest absolute Gasteiger partial charge is 0.345 e. The van der Waals surface area contributed by atoms with Crippen LogP contribution in [-0.2, 0) is 6.54 Å². The predicted molar refractivity (Wildman–Crippen MR) is 111 cm³/mol. The summed E-state index contributed by atoms with van der Waals surface area (Å²) < 4.78 is 5.37. The summed E-state index contributed by atoms with van der Waals surface area (Å²) in [4.78, 5) is 23.8. The van der Waals surface area contributed by atoms with Crippen molar-refractivity contribution in [3.63, 3.8) is 0 Å². The molecule has 144 valence electrons. The Labute approximate surface area is 175 Å². The SMILES string of the molecule is COc1ccc(-c2csc(C(=O)O)c2)cc1CNC(=O)c1ccc(Cl)cc1Cl. The van der Waals surface area contributed by atoms with Crippen molar-refractivity contribution in [2.24, 2.45) is 0 Å². The van der Waals surface area contributed by atoms with Gasteiger partial charge in [0.1, 0.15) is 10.6 Å². The van der Waals surface area contributed by atoms with Crippen molar-refractivity contribution in [1.82, 2.24) is 5.32 Å². The first kappa shape index (κ1) is 20.2. The van der Waals surface area contributed by atoms with E-state index in [1.807, 2.05) is 12.1 Å². The third-order valence-electron chi connectivity index (χ3n) is 4.04. The molecule has 5 nitrogen and oxygen atoms in total. The molecule has 0 aliphatic heterocycles. The lowest BCUT2D eigenvalue weighted by Gasteiger charge is -2.12. The van der Waals surface area contributed by atoms with E-state index in [0.717, 1.165) is 28.0 Å².